The summed E-state index contributed by atoms with van der Waals surface area (Å²) in [4.78, 5) is 0. The second-order valence-electron chi connectivity index (χ2n) is 2.32. The van der Waals surface area contributed by atoms with Crippen molar-refractivity contribution in [2.45, 2.75) is 6.42 Å². The zero-order valence-electron chi connectivity index (χ0n) is 6.05. The molecule has 0 aliphatic heterocycles. The molecule has 0 amide bonds. The number of hydrogen-bond donors (Lipinski definition) is 2. The van der Waals surface area contributed by atoms with Crippen LogP contribution in [0.2, 0.25) is 0 Å². The Morgan fingerprint density at radius 1 is 1.45 bits per heavy atom. The summed E-state index contributed by atoms with van der Waals surface area (Å²) in [6.45, 7) is 0.654. The van der Waals surface area contributed by atoms with Crippen molar-refractivity contribution in [1.82, 2.24) is 0 Å². The Morgan fingerprint density at radius 3 is 2.73 bits per heavy atom. The van der Waals surface area contributed by atoms with Gasteiger partial charge in [-0.2, -0.15) is 0 Å². The first-order valence-electron chi connectivity index (χ1n) is 3.41. The molecule has 1 rings (SSSR count). The van der Waals surface area contributed by atoms with Gasteiger partial charge in [0.2, 0.25) is 0 Å². The SMILES string of the molecule is NCCc1ccc(O)c([125I])c1. The van der Waals surface area contributed by atoms with E-state index in [1.165, 1.54) is 5.56 Å². The lowest BCUT2D eigenvalue weighted by Gasteiger charge is -2.00. The van der Waals surface area contributed by atoms with Gasteiger partial charge in [-0.3, -0.25) is 0 Å². The van der Waals surface area contributed by atoms with Crippen molar-refractivity contribution in [3.8, 4) is 5.75 Å². The Kier molecular flexibility index (Phi) is 3.14. The van der Waals surface area contributed by atoms with Crippen LogP contribution in [0.5, 0.6) is 5.75 Å². The topological polar surface area (TPSA) is 46.2 Å². The largest absolute Gasteiger partial charge is 0.507 e. The van der Waals surface area contributed by atoms with Gasteiger partial charge in [0.05, 0.1) is 3.57 Å². The minimum absolute atomic E-state index is 0.339. The molecule has 0 unspecified atom stereocenters. The van der Waals surface area contributed by atoms with E-state index < -0.39 is 0 Å². The molecule has 0 spiro atoms. The van der Waals surface area contributed by atoms with Crippen LogP contribution in [0.3, 0.4) is 0 Å². The third-order valence-corrected chi connectivity index (χ3v) is 2.31. The minimum atomic E-state index is 0.339. The van der Waals surface area contributed by atoms with Crippen molar-refractivity contribution < 1.29 is 5.11 Å². The molecule has 1 aromatic carbocycles. The molecular weight excluding hydrogens is 251 g/mol. The van der Waals surface area contributed by atoms with Crippen LogP contribution < -0.4 is 5.73 Å². The van der Waals surface area contributed by atoms with Gasteiger partial charge in [-0.05, 0) is 53.3 Å². The number of aromatic hydroxyl groups is 1. The molecule has 1 aromatic rings. The molecule has 0 bridgehead atoms. The van der Waals surface area contributed by atoms with Crippen LogP contribution in [-0.2, 0) is 6.42 Å². The van der Waals surface area contributed by atoms with E-state index in [0.29, 0.717) is 12.3 Å². The standard InChI is InChI=1S/C8H10INO/c9-7-5-6(3-4-10)1-2-8(7)11/h1-2,5,11H,3-4,10H2/i9-2. The maximum absolute atomic E-state index is 9.17. The van der Waals surface area contributed by atoms with Gasteiger partial charge in [0, 0.05) is 0 Å². The van der Waals surface area contributed by atoms with Gasteiger partial charge in [-0.25, -0.2) is 0 Å². The maximum Gasteiger partial charge on any atom is 0.128 e. The lowest BCUT2D eigenvalue weighted by Crippen LogP contribution is -2.02. The molecule has 0 atom stereocenters. The minimum Gasteiger partial charge on any atom is -0.507 e. The summed E-state index contributed by atoms with van der Waals surface area (Å²) in [6, 6.07) is 5.54. The second-order valence-corrected chi connectivity index (χ2v) is 3.49. The summed E-state index contributed by atoms with van der Waals surface area (Å²) >= 11 is 2.10. The first-order chi connectivity index (χ1) is 5.24. The molecule has 0 aliphatic carbocycles. The predicted molar refractivity (Wildman–Crippen MR) is 53.6 cm³/mol. The van der Waals surface area contributed by atoms with E-state index in [0.717, 1.165) is 9.99 Å². The van der Waals surface area contributed by atoms with Gasteiger partial charge in [0.15, 0.2) is 0 Å². The van der Waals surface area contributed by atoms with Crippen LogP contribution in [0, 0.1) is 3.57 Å². The number of halogens is 1. The van der Waals surface area contributed by atoms with Crippen LogP contribution in [0.25, 0.3) is 0 Å². The number of hydrogen-bond acceptors (Lipinski definition) is 2. The van der Waals surface area contributed by atoms with Crippen LogP contribution in [0.1, 0.15) is 5.56 Å². The van der Waals surface area contributed by atoms with Crippen molar-refractivity contribution in [2.24, 2.45) is 5.73 Å². The third kappa shape index (κ3) is 2.34. The fourth-order valence-electron chi connectivity index (χ4n) is 0.873. The number of nitrogens with two attached hydrogens (primary N) is 1. The normalized spacial score (nSPS) is 10.0. The smallest absolute Gasteiger partial charge is 0.128 e. The van der Waals surface area contributed by atoms with E-state index in [1.54, 1.807) is 6.07 Å². The number of rotatable bonds is 2. The van der Waals surface area contributed by atoms with E-state index in [4.69, 9.17) is 5.73 Å². The summed E-state index contributed by atoms with van der Waals surface area (Å²) in [7, 11) is 0. The van der Waals surface area contributed by atoms with Crippen LogP contribution in [-0.4, -0.2) is 11.7 Å². The monoisotopic (exact) mass is 261 g/mol. The molecular formula is C8H10INO. The Hall–Kier alpha value is -0.290. The lowest BCUT2D eigenvalue weighted by atomic mass is 10.1. The Labute approximate surface area is 79.6 Å². The molecule has 60 valence electrons. The van der Waals surface area contributed by atoms with E-state index >= 15 is 0 Å². The quantitative estimate of drug-likeness (QED) is 0.792. The fourth-order valence-corrected chi connectivity index (χ4v) is 1.45. The second kappa shape index (κ2) is 3.92. The van der Waals surface area contributed by atoms with Gasteiger partial charge in [0.25, 0.3) is 0 Å². The van der Waals surface area contributed by atoms with E-state index in [-0.39, 0.29) is 0 Å². The van der Waals surface area contributed by atoms with Gasteiger partial charge in [0.1, 0.15) is 5.75 Å². The molecule has 0 aromatic heterocycles. The molecule has 0 fully saturated rings. The number of phenols is 1. The molecule has 3 N–H and O–H groups in total. The number of benzene rings is 1. The number of phenolic OH excluding ortho intramolecular Hbond substituents is 1. The average Bonchev–Trinajstić information content (AvgIpc) is 1.98. The van der Waals surface area contributed by atoms with Gasteiger partial charge >= 0.3 is 0 Å². The Bertz CT molecular complexity index is 250. The van der Waals surface area contributed by atoms with Crippen LogP contribution in [0.15, 0.2) is 18.2 Å². The third-order valence-electron chi connectivity index (χ3n) is 1.45. The molecule has 0 radical (unpaired) electrons. The Balaban J connectivity index is 2.86. The summed E-state index contributed by atoms with van der Waals surface area (Å²) in [6.07, 6.45) is 0.871. The average molecular weight is 261 g/mol. The van der Waals surface area contributed by atoms with Crippen molar-refractivity contribution in [3.63, 3.8) is 0 Å². The fraction of sp³-hybridized carbons (Fsp3) is 0.250. The molecule has 0 heterocycles. The van der Waals surface area contributed by atoms with E-state index in [1.807, 2.05) is 12.1 Å². The molecule has 0 saturated heterocycles. The maximum atomic E-state index is 9.17. The zero-order valence-corrected chi connectivity index (χ0v) is 8.21. The summed E-state index contributed by atoms with van der Waals surface area (Å²) in [5, 5.41) is 9.17. The first-order valence-corrected chi connectivity index (χ1v) is 4.49. The first kappa shape index (κ1) is 8.80. The van der Waals surface area contributed by atoms with Gasteiger partial charge in [-0.15, -0.1) is 0 Å². The summed E-state index contributed by atoms with van der Waals surface area (Å²) in [5.41, 5.74) is 6.56. The van der Waals surface area contributed by atoms with E-state index in [9.17, 15) is 5.11 Å². The van der Waals surface area contributed by atoms with Crippen molar-refractivity contribution in [1.29, 1.82) is 0 Å². The van der Waals surface area contributed by atoms with Crippen molar-refractivity contribution >= 4 is 22.6 Å². The Morgan fingerprint density at radius 2 is 2.18 bits per heavy atom. The highest BCUT2D eigenvalue weighted by Gasteiger charge is 1.97. The lowest BCUT2D eigenvalue weighted by molar-refractivity contribution is 0.471. The van der Waals surface area contributed by atoms with E-state index in [2.05, 4.69) is 22.6 Å². The summed E-state index contributed by atoms with van der Waals surface area (Å²) < 4.78 is 0.883. The van der Waals surface area contributed by atoms with Crippen LogP contribution >= 0.6 is 22.6 Å². The molecule has 11 heavy (non-hydrogen) atoms. The zero-order chi connectivity index (χ0) is 8.27. The van der Waals surface area contributed by atoms with Gasteiger partial charge in [-0.1, -0.05) is 6.07 Å². The summed E-state index contributed by atoms with van der Waals surface area (Å²) in [5.74, 6) is 0.339. The molecule has 3 heteroatoms. The highest BCUT2D eigenvalue weighted by Crippen LogP contribution is 2.20. The van der Waals surface area contributed by atoms with Crippen LogP contribution in [0.4, 0.5) is 0 Å². The predicted octanol–water partition coefficient (Wildman–Crippen LogP) is 1.50. The van der Waals surface area contributed by atoms with Gasteiger partial charge < -0.3 is 10.8 Å². The van der Waals surface area contributed by atoms with Crippen molar-refractivity contribution in [2.75, 3.05) is 6.54 Å². The molecule has 0 aliphatic rings. The highest BCUT2D eigenvalue weighted by atomic mass is 125. The highest BCUT2D eigenvalue weighted by molar-refractivity contribution is 14.1. The van der Waals surface area contributed by atoms with Crippen molar-refractivity contribution in [3.05, 3.63) is 27.3 Å². The molecule has 2 nitrogen and oxygen atoms in total. The molecule has 0 saturated carbocycles.